The Morgan fingerprint density at radius 2 is 2.27 bits per heavy atom. The number of hydrogen-bond donors (Lipinski definition) is 1. The number of rotatable bonds is 5. The normalized spacial score (nSPS) is 11.5. The lowest BCUT2D eigenvalue weighted by atomic mass is 10.2. The summed E-state index contributed by atoms with van der Waals surface area (Å²) in [5, 5.41) is 0. The molecule has 0 aliphatic carbocycles. The summed E-state index contributed by atoms with van der Waals surface area (Å²) >= 11 is 0. The van der Waals surface area contributed by atoms with Gasteiger partial charge in [0, 0.05) is 6.07 Å². The number of aromatic amines is 1. The van der Waals surface area contributed by atoms with Crippen LogP contribution in [0.4, 0.5) is 0 Å². The highest BCUT2D eigenvalue weighted by Crippen LogP contribution is 2.12. The van der Waals surface area contributed by atoms with Gasteiger partial charge in [-0.05, 0) is 25.0 Å². The summed E-state index contributed by atoms with van der Waals surface area (Å²) < 4.78 is 5.56. The van der Waals surface area contributed by atoms with E-state index in [4.69, 9.17) is 4.74 Å². The van der Waals surface area contributed by atoms with E-state index in [9.17, 15) is 4.79 Å². The third-order valence-electron chi connectivity index (χ3n) is 1.89. The van der Waals surface area contributed by atoms with E-state index in [2.05, 4.69) is 11.9 Å². The van der Waals surface area contributed by atoms with Gasteiger partial charge >= 0.3 is 0 Å². The second-order valence-electron chi connectivity index (χ2n) is 3.25. The smallest absolute Gasteiger partial charge is 0.248 e. The first-order valence-electron chi connectivity index (χ1n) is 5.30. The van der Waals surface area contributed by atoms with Gasteiger partial charge in [0.25, 0.3) is 0 Å². The molecular weight excluding hydrogens is 190 g/mol. The predicted molar refractivity (Wildman–Crippen MR) is 61.6 cm³/mol. The van der Waals surface area contributed by atoms with Crippen LogP contribution in [-0.2, 0) is 4.74 Å². The molecule has 0 unspecified atom stereocenters. The van der Waals surface area contributed by atoms with Gasteiger partial charge in [-0.2, -0.15) is 0 Å². The highest BCUT2D eigenvalue weighted by molar-refractivity contribution is 5.55. The van der Waals surface area contributed by atoms with E-state index in [0.717, 1.165) is 24.3 Å². The largest absolute Gasteiger partial charge is 0.492 e. The summed E-state index contributed by atoms with van der Waals surface area (Å²) in [6.07, 6.45) is 3.81. The highest BCUT2D eigenvalue weighted by Gasteiger charge is 2.01. The zero-order chi connectivity index (χ0) is 11.1. The molecule has 15 heavy (non-hydrogen) atoms. The van der Waals surface area contributed by atoms with Crippen molar-refractivity contribution in [3.05, 3.63) is 40.3 Å². The number of nitrogens with one attached hydrogen (secondary N) is 1. The first kappa shape index (κ1) is 11.6. The second-order valence-corrected chi connectivity index (χ2v) is 3.25. The van der Waals surface area contributed by atoms with Crippen molar-refractivity contribution in [1.82, 2.24) is 4.98 Å². The van der Waals surface area contributed by atoms with Crippen molar-refractivity contribution >= 4 is 5.76 Å². The van der Waals surface area contributed by atoms with Gasteiger partial charge in [-0.3, -0.25) is 4.79 Å². The molecule has 0 saturated carbocycles. The lowest BCUT2D eigenvalue weighted by Crippen LogP contribution is -2.07. The van der Waals surface area contributed by atoms with Gasteiger partial charge in [-0.15, -0.1) is 0 Å². The van der Waals surface area contributed by atoms with Crippen LogP contribution in [0.15, 0.2) is 29.1 Å². The molecule has 0 fully saturated rings. The molecule has 0 aliphatic heterocycles. The van der Waals surface area contributed by atoms with Crippen molar-refractivity contribution in [3.63, 3.8) is 0 Å². The summed E-state index contributed by atoms with van der Waals surface area (Å²) in [5.41, 5.74) is 0.646. The average Bonchev–Trinajstić information content (AvgIpc) is 2.24. The summed E-state index contributed by atoms with van der Waals surface area (Å²) in [6.45, 7) is 4.76. The SMILES string of the molecule is CC/C=C(/OCCC)c1cccc(=O)[nH]1. The van der Waals surface area contributed by atoms with Gasteiger partial charge < -0.3 is 9.72 Å². The van der Waals surface area contributed by atoms with Crippen LogP contribution < -0.4 is 5.56 Å². The van der Waals surface area contributed by atoms with Crippen LogP contribution in [0.3, 0.4) is 0 Å². The zero-order valence-electron chi connectivity index (χ0n) is 9.25. The molecule has 1 heterocycles. The minimum absolute atomic E-state index is 0.102. The Bertz CT molecular complexity index is 379. The van der Waals surface area contributed by atoms with Crippen molar-refractivity contribution in [1.29, 1.82) is 0 Å². The molecule has 1 aromatic rings. The Balaban J connectivity index is 2.89. The third kappa shape index (κ3) is 3.62. The average molecular weight is 207 g/mol. The number of H-pyrrole nitrogens is 1. The van der Waals surface area contributed by atoms with Crippen molar-refractivity contribution < 1.29 is 4.74 Å². The molecule has 3 nitrogen and oxygen atoms in total. The third-order valence-corrected chi connectivity index (χ3v) is 1.89. The minimum atomic E-state index is -0.102. The van der Waals surface area contributed by atoms with E-state index in [0.29, 0.717) is 6.61 Å². The molecule has 0 radical (unpaired) electrons. The molecule has 1 N–H and O–H groups in total. The predicted octanol–water partition coefficient (Wildman–Crippen LogP) is 2.55. The second kappa shape index (κ2) is 6.06. The van der Waals surface area contributed by atoms with Gasteiger partial charge in [0.1, 0.15) is 5.76 Å². The number of aromatic nitrogens is 1. The molecule has 0 saturated heterocycles. The Hall–Kier alpha value is -1.51. The van der Waals surface area contributed by atoms with Gasteiger partial charge in [0.15, 0.2) is 0 Å². The number of hydrogen-bond acceptors (Lipinski definition) is 2. The lowest BCUT2D eigenvalue weighted by molar-refractivity contribution is 0.275. The summed E-state index contributed by atoms with van der Waals surface area (Å²) in [5.74, 6) is 0.761. The molecule has 82 valence electrons. The summed E-state index contributed by atoms with van der Waals surface area (Å²) in [7, 11) is 0. The molecular formula is C12H17NO2. The van der Waals surface area contributed by atoms with Crippen LogP contribution in [0.5, 0.6) is 0 Å². The Kier molecular flexibility index (Phi) is 4.68. The quantitative estimate of drug-likeness (QED) is 0.754. The monoisotopic (exact) mass is 207 g/mol. The zero-order valence-corrected chi connectivity index (χ0v) is 9.25. The maximum absolute atomic E-state index is 11.1. The molecule has 0 aromatic carbocycles. The van der Waals surface area contributed by atoms with Gasteiger partial charge in [0.05, 0.1) is 12.3 Å². The standard InChI is InChI=1S/C12H17NO2/c1-3-6-11(15-9-4-2)10-7-5-8-12(14)13-10/h5-8H,3-4,9H2,1-2H3,(H,13,14)/b11-6+. The fraction of sp³-hybridized carbons (Fsp3) is 0.417. The molecule has 0 atom stereocenters. The van der Waals surface area contributed by atoms with Gasteiger partial charge in [-0.1, -0.05) is 19.9 Å². The maximum Gasteiger partial charge on any atom is 0.248 e. The molecule has 0 bridgehead atoms. The van der Waals surface area contributed by atoms with Crippen molar-refractivity contribution in [2.45, 2.75) is 26.7 Å². The summed E-state index contributed by atoms with van der Waals surface area (Å²) in [4.78, 5) is 13.9. The molecule has 0 spiro atoms. The molecule has 0 amide bonds. The maximum atomic E-state index is 11.1. The Morgan fingerprint density at radius 3 is 2.87 bits per heavy atom. The lowest BCUT2D eigenvalue weighted by Gasteiger charge is -2.09. The van der Waals surface area contributed by atoms with Crippen LogP contribution in [0.25, 0.3) is 5.76 Å². The minimum Gasteiger partial charge on any atom is -0.492 e. The highest BCUT2D eigenvalue weighted by atomic mass is 16.5. The first-order valence-corrected chi connectivity index (χ1v) is 5.30. The van der Waals surface area contributed by atoms with Crippen molar-refractivity contribution in [3.8, 4) is 0 Å². The van der Waals surface area contributed by atoms with E-state index in [-0.39, 0.29) is 5.56 Å². The Morgan fingerprint density at radius 1 is 1.47 bits per heavy atom. The van der Waals surface area contributed by atoms with Gasteiger partial charge in [0.2, 0.25) is 5.56 Å². The van der Waals surface area contributed by atoms with Crippen LogP contribution in [0.2, 0.25) is 0 Å². The molecule has 3 heteroatoms. The van der Waals surface area contributed by atoms with Crippen LogP contribution in [0, 0.1) is 0 Å². The van der Waals surface area contributed by atoms with E-state index < -0.39 is 0 Å². The molecule has 1 aromatic heterocycles. The number of pyridine rings is 1. The van der Waals surface area contributed by atoms with E-state index in [1.54, 1.807) is 6.07 Å². The molecule has 0 aliphatic rings. The van der Waals surface area contributed by atoms with Crippen molar-refractivity contribution in [2.75, 3.05) is 6.61 Å². The van der Waals surface area contributed by atoms with Crippen LogP contribution >= 0.6 is 0 Å². The van der Waals surface area contributed by atoms with E-state index in [1.165, 1.54) is 6.07 Å². The van der Waals surface area contributed by atoms with E-state index >= 15 is 0 Å². The summed E-state index contributed by atoms with van der Waals surface area (Å²) in [6, 6.07) is 5.07. The molecule has 1 rings (SSSR count). The first-order chi connectivity index (χ1) is 7.27. The van der Waals surface area contributed by atoms with Gasteiger partial charge in [-0.25, -0.2) is 0 Å². The number of ether oxygens (including phenoxy) is 1. The van der Waals surface area contributed by atoms with Crippen LogP contribution in [0.1, 0.15) is 32.4 Å². The Labute approximate surface area is 89.8 Å². The van der Waals surface area contributed by atoms with E-state index in [1.807, 2.05) is 19.1 Å². The topological polar surface area (TPSA) is 42.1 Å². The fourth-order valence-electron chi connectivity index (χ4n) is 1.24. The number of allylic oxidation sites excluding steroid dienone is 1. The van der Waals surface area contributed by atoms with Crippen LogP contribution in [-0.4, -0.2) is 11.6 Å². The fourth-order valence-corrected chi connectivity index (χ4v) is 1.24. The van der Waals surface area contributed by atoms with Crippen molar-refractivity contribution in [2.24, 2.45) is 0 Å².